The summed E-state index contributed by atoms with van der Waals surface area (Å²) < 4.78 is 34.6. The van der Waals surface area contributed by atoms with Gasteiger partial charge in [0.2, 0.25) is 0 Å². The van der Waals surface area contributed by atoms with Gasteiger partial charge in [-0.1, -0.05) is 6.58 Å². The van der Waals surface area contributed by atoms with Crippen LogP contribution in [-0.4, -0.2) is 48.9 Å². The van der Waals surface area contributed by atoms with E-state index >= 15 is 0 Å². The first kappa shape index (κ1) is 14.3. The molecule has 6 nitrogen and oxygen atoms in total. The van der Waals surface area contributed by atoms with Gasteiger partial charge in [0.25, 0.3) is 0 Å². The first-order valence-electron chi connectivity index (χ1n) is 6.90. The highest BCUT2D eigenvalue weighted by atomic mass is 16.8. The Morgan fingerprint density at radius 1 is 1.05 bits per heavy atom. The number of fused-ring (bicyclic) bond motifs is 1. The summed E-state index contributed by atoms with van der Waals surface area (Å²) in [7, 11) is 0. The lowest BCUT2D eigenvalue weighted by atomic mass is 10.1. The topological polar surface area (TPSA) is 55.4 Å². The fourth-order valence-electron chi connectivity index (χ4n) is 2.95. The van der Waals surface area contributed by atoms with Crippen molar-refractivity contribution in [2.75, 3.05) is 6.61 Å². The van der Waals surface area contributed by atoms with Crippen molar-refractivity contribution in [3.05, 3.63) is 12.8 Å². The molecule has 20 heavy (non-hydrogen) atoms. The van der Waals surface area contributed by atoms with E-state index in [1.807, 2.05) is 27.7 Å². The number of hydrogen-bond acceptors (Lipinski definition) is 6. The highest BCUT2D eigenvalue weighted by Crippen LogP contribution is 2.41. The highest BCUT2D eigenvalue weighted by molar-refractivity contribution is 4.99. The molecule has 114 valence electrons. The normalized spacial score (nSPS) is 45.3. The molecular weight excluding hydrogens is 264 g/mol. The first-order chi connectivity index (χ1) is 9.31. The molecule has 3 aliphatic heterocycles. The van der Waals surface area contributed by atoms with Crippen LogP contribution in [0.1, 0.15) is 27.7 Å². The average Bonchev–Trinajstić information content (AvgIpc) is 2.91. The number of hydrogen-bond donors (Lipinski definition) is 0. The highest BCUT2D eigenvalue weighted by Gasteiger charge is 2.59. The molecule has 0 spiro atoms. The van der Waals surface area contributed by atoms with Crippen molar-refractivity contribution in [3.8, 4) is 0 Å². The van der Waals surface area contributed by atoms with Gasteiger partial charge in [-0.2, -0.15) is 0 Å². The van der Waals surface area contributed by atoms with Gasteiger partial charge in [0, 0.05) is 0 Å². The second kappa shape index (κ2) is 4.68. The summed E-state index contributed by atoms with van der Waals surface area (Å²) in [5.41, 5.74) is 0. The minimum Gasteiger partial charge on any atom is -0.493 e. The fraction of sp³-hybridized carbons (Fsp3) is 0.857. The van der Waals surface area contributed by atoms with E-state index in [0.29, 0.717) is 6.61 Å². The van der Waals surface area contributed by atoms with E-state index < -0.39 is 17.9 Å². The molecule has 6 heteroatoms. The van der Waals surface area contributed by atoms with Gasteiger partial charge in [-0.3, -0.25) is 0 Å². The molecule has 3 fully saturated rings. The van der Waals surface area contributed by atoms with E-state index in [1.54, 1.807) is 0 Å². The van der Waals surface area contributed by atoms with Crippen molar-refractivity contribution in [2.24, 2.45) is 0 Å². The van der Waals surface area contributed by atoms with Gasteiger partial charge >= 0.3 is 0 Å². The summed E-state index contributed by atoms with van der Waals surface area (Å²) in [5, 5.41) is 0. The molecule has 0 aromatic carbocycles. The standard InChI is InChI=1S/C14H22O6/c1-6-15-10-9(8-7-16-13(2,3)18-8)17-12-11(10)19-14(4,5)20-12/h6,8-12H,1,7H2,2-5H3/t8-,9+,10-,11+,12+/m0/s1. The molecule has 0 saturated carbocycles. The zero-order valence-electron chi connectivity index (χ0n) is 12.3. The molecule has 3 heterocycles. The van der Waals surface area contributed by atoms with Crippen molar-refractivity contribution in [2.45, 2.75) is 70.0 Å². The molecule has 0 bridgehead atoms. The van der Waals surface area contributed by atoms with Crippen molar-refractivity contribution in [3.63, 3.8) is 0 Å². The molecule has 0 aromatic heterocycles. The molecule has 0 N–H and O–H groups in total. The molecule has 0 aromatic rings. The third-order valence-electron chi connectivity index (χ3n) is 3.68. The maximum absolute atomic E-state index is 5.94. The maximum Gasteiger partial charge on any atom is 0.191 e. The summed E-state index contributed by atoms with van der Waals surface area (Å²) >= 11 is 0. The van der Waals surface area contributed by atoms with Crippen molar-refractivity contribution in [1.82, 2.24) is 0 Å². The smallest absolute Gasteiger partial charge is 0.191 e. The number of ether oxygens (including phenoxy) is 6. The van der Waals surface area contributed by atoms with Crippen LogP contribution in [0, 0.1) is 0 Å². The van der Waals surface area contributed by atoms with Gasteiger partial charge in [-0.15, -0.1) is 0 Å². The molecule has 0 aliphatic carbocycles. The van der Waals surface area contributed by atoms with Crippen molar-refractivity contribution in [1.29, 1.82) is 0 Å². The maximum atomic E-state index is 5.94. The molecule has 3 rings (SSSR count). The molecule has 0 amide bonds. The average molecular weight is 286 g/mol. The SMILES string of the molecule is C=CO[C@@H]1[C@H]2OC(C)(C)O[C@H]2O[C@@H]1[C@@H]1COC(C)(C)O1. The summed E-state index contributed by atoms with van der Waals surface area (Å²) in [6.07, 6.45) is -0.176. The Morgan fingerprint density at radius 2 is 1.80 bits per heavy atom. The summed E-state index contributed by atoms with van der Waals surface area (Å²) in [5.74, 6) is -1.28. The van der Waals surface area contributed by atoms with Gasteiger partial charge < -0.3 is 28.4 Å². The summed E-state index contributed by atoms with van der Waals surface area (Å²) in [6, 6.07) is 0. The lowest BCUT2D eigenvalue weighted by molar-refractivity contribution is -0.232. The van der Waals surface area contributed by atoms with Gasteiger partial charge in [0.1, 0.15) is 12.2 Å². The lowest BCUT2D eigenvalue weighted by Crippen LogP contribution is -2.43. The van der Waals surface area contributed by atoms with Crippen LogP contribution in [0.15, 0.2) is 12.8 Å². The van der Waals surface area contributed by atoms with Crippen molar-refractivity contribution < 1.29 is 28.4 Å². The van der Waals surface area contributed by atoms with E-state index in [1.165, 1.54) is 6.26 Å². The fourth-order valence-corrected chi connectivity index (χ4v) is 2.95. The molecular formula is C14H22O6. The monoisotopic (exact) mass is 286 g/mol. The van der Waals surface area contributed by atoms with Crippen LogP contribution in [0.4, 0.5) is 0 Å². The minimum atomic E-state index is -0.671. The minimum absolute atomic E-state index is 0.212. The van der Waals surface area contributed by atoms with Gasteiger partial charge in [-0.25, -0.2) is 0 Å². The Labute approximate surface area is 118 Å². The Bertz CT molecular complexity index is 393. The van der Waals surface area contributed by atoms with Crippen LogP contribution in [0.3, 0.4) is 0 Å². The molecule has 0 radical (unpaired) electrons. The second-order valence-corrected chi connectivity index (χ2v) is 6.20. The van der Waals surface area contributed by atoms with Gasteiger partial charge in [-0.05, 0) is 27.7 Å². The van der Waals surface area contributed by atoms with Crippen LogP contribution >= 0.6 is 0 Å². The third-order valence-corrected chi connectivity index (χ3v) is 3.68. The van der Waals surface area contributed by atoms with E-state index in [0.717, 1.165) is 0 Å². The van der Waals surface area contributed by atoms with Crippen LogP contribution < -0.4 is 0 Å². The van der Waals surface area contributed by atoms with E-state index in [9.17, 15) is 0 Å². The second-order valence-electron chi connectivity index (χ2n) is 6.20. The molecule has 3 saturated heterocycles. The molecule has 0 unspecified atom stereocenters. The zero-order valence-corrected chi connectivity index (χ0v) is 12.3. The Morgan fingerprint density at radius 3 is 2.40 bits per heavy atom. The van der Waals surface area contributed by atoms with Gasteiger partial charge in [0.15, 0.2) is 30.1 Å². The van der Waals surface area contributed by atoms with E-state index in [2.05, 4.69) is 6.58 Å². The van der Waals surface area contributed by atoms with E-state index in [-0.39, 0.29) is 24.4 Å². The van der Waals surface area contributed by atoms with Crippen LogP contribution in [0.2, 0.25) is 0 Å². The zero-order chi connectivity index (χ0) is 14.5. The van der Waals surface area contributed by atoms with E-state index in [4.69, 9.17) is 28.4 Å². The third kappa shape index (κ3) is 2.46. The van der Waals surface area contributed by atoms with Crippen molar-refractivity contribution >= 4 is 0 Å². The first-order valence-corrected chi connectivity index (χ1v) is 6.90. The number of rotatable bonds is 3. The molecule has 3 aliphatic rings. The van der Waals surface area contributed by atoms with Crippen LogP contribution in [0.5, 0.6) is 0 Å². The molecule has 5 atom stereocenters. The Hall–Kier alpha value is -0.660. The summed E-state index contributed by atoms with van der Waals surface area (Å²) in [4.78, 5) is 0. The quantitative estimate of drug-likeness (QED) is 0.734. The summed E-state index contributed by atoms with van der Waals surface area (Å²) in [6.45, 7) is 11.5. The van der Waals surface area contributed by atoms with Crippen LogP contribution in [-0.2, 0) is 28.4 Å². The lowest BCUT2D eigenvalue weighted by Gasteiger charge is -2.28. The van der Waals surface area contributed by atoms with Crippen LogP contribution in [0.25, 0.3) is 0 Å². The predicted molar refractivity (Wildman–Crippen MR) is 68.7 cm³/mol. The predicted octanol–water partition coefficient (Wildman–Crippen LogP) is 1.54. The Kier molecular flexibility index (Phi) is 3.34. The van der Waals surface area contributed by atoms with Gasteiger partial charge in [0.05, 0.1) is 12.9 Å². The Balaban J connectivity index is 1.75. The largest absolute Gasteiger partial charge is 0.493 e.